The van der Waals surface area contributed by atoms with Gasteiger partial charge in [0.05, 0.1) is 18.1 Å². The minimum atomic E-state index is -0.186. The molecule has 8 heteroatoms. The van der Waals surface area contributed by atoms with E-state index in [9.17, 15) is 9.59 Å². The number of rotatable bonds is 6. The number of benzene rings is 2. The highest BCUT2D eigenvalue weighted by atomic mass is 35.5. The van der Waals surface area contributed by atoms with Crippen LogP contribution in [0.3, 0.4) is 0 Å². The molecule has 1 aliphatic heterocycles. The zero-order valence-corrected chi connectivity index (χ0v) is 18.1. The van der Waals surface area contributed by atoms with Crippen molar-refractivity contribution >= 4 is 46.5 Å². The van der Waals surface area contributed by atoms with E-state index in [0.717, 1.165) is 25.9 Å². The molecule has 1 fully saturated rings. The van der Waals surface area contributed by atoms with E-state index in [2.05, 4.69) is 10.6 Å². The zero-order valence-electron chi connectivity index (χ0n) is 16.6. The molecule has 0 bridgehead atoms. The molecule has 1 heterocycles. The third-order valence-electron chi connectivity index (χ3n) is 4.82. The summed E-state index contributed by atoms with van der Waals surface area (Å²) in [6, 6.07) is 12.1. The predicted molar refractivity (Wildman–Crippen MR) is 121 cm³/mol. The molecule has 0 unspecified atom stereocenters. The molecule has 2 aromatic carbocycles. The molecule has 2 N–H and O–H groups in total. The molecule has 1 aliphatic rings. The summed E-state index contributed by atoms with van der Waals surface area (Å²) in [5.41, 5.74) is 1.34. The summed E-state index contributed by atoms with van der Waals surface area (Å²) in [6.07, 6.45) is 4.61. The van der Waals surface area contributed by atoms with Gasteiger partial charge in [-0.05, 0) is 49.2 Å². The molecule has 160 valence electrons. The van der Waals surface area contributed by atoms with Gasteiger partial charge in [-0.3, -0.25) is 4.79 Å². The molecular formula is C22H25Cl2N3O3. The van der Waals surface area contributed by atoms with Crippen LogP contribution in [0.5, 0.6) is 5.75 Å². The molecule has 30 heavy (non-hydrogen) atoms. The molecule has 0 atom stereocenters. The Morgan fingerprint density at radius 1 is 0.900 bits per heavy atom. The molecule has 0 radical (unpaired) electrons. The van der Waals surface area contributed by atoms with Crippen molar-refractivity contribution in [3.05, 3.63) is 52.5 Å². The number of carbonyl (C=O) groups excluding carboxylic acids is 2. The summed E-state index contributed by atoms with van der Waals surface area (Å²) in [7, 11) is 0. The van der Waals surface area contributed by atoms with Crippen LogP contribution >= 0.6 is 23.2 Å². The molecule has 3 rings (SSSR count). The SMILES string of the molecule is O=C(CCOc1cccc(Cl)c1Cl)Nc1ccc(NC(=O)N2CCCCCC2)cc1. The Labute approximate surface area is 186 Å². The second-order valence-electron chi connectivity index (χ2n) is 7.11. The standard InChI is InChI=1S/C22H25Cl2N3O3/c23-18-6-5-7-19(21(18)24)30-15-12-20(28)25-16-8-10-17(11-9-16)26-22(29)27-13-3-1-2-4-14-27/h5-11H,1-4,12-15H2,(H,25,28)(H,26,29). The Bertz CT molecular complexity index is 866. The van der Waals surface area contributed by atoms with E-state index in [1.165, 1.54) is 12.8 Å². The Morgan fingerprint density at radius 3 is 2.20 bits per heavy atom. The zero-order chi connectivity index (χ0) is 21.3. The molecule has 0 spiro atoms. The first-order chi connectivity index (χ1) is 14.5. The fourth-order valence-electron chi connectivity index (χ4n) is 3.19. The van der Waals surface area contributed by atoms with Crippen molar-refractivity contribution in [1.82, 2.24) is 4.90 Å². The summed E-state index contributed by atoms with van der Waals surface area (Å²) < 4.78 is 5.53. The largest absolute Gasteiger partial charge is 0.491 e. The first-order valence-electron chi connectivity index (χ1n) is 10.1. The lowest BCUT2D eigenvalue weighted by atomic mass is 10.2. The summed E-state index contributed by atoms with van der Waals surface area (Å²) in [4.78, 5) is 26.4. The monoisotopic (exact) mass is 449 g/mol. The number of nitrogens with zero attached hydrogens (tertiary/aromatic N) is 1. The predicted octanol–water partition coefficient (Wildman–Crippen LogP) is 5.81. The minimum absolute atomic E-state index is 0.0782. The van der Waals surface area contributed by atoms with Crippen LogP contribution in [0.2, 0.25) is 10.0 Å². The van der Waals surface area contributed by atoms with Gasteiger partial charge in [-0.1, -0.05) is 42.1 Å². The van der Waals surface area contributed by atoms with E-state index in [0.29, 0.717) is 27.2 Å². The Morgan fingerprint density at radius 2 is 1.53 bits per heavy atom. The van der Waals surface area contributed by atoms with E-state index in [1.807, 2.05) is 4.90 Å². The van der Waals surface area contributed by atoms with Crippen molar-refractivity contribution < 1.29 is 14.3 Å². The summed E-state index contributed by atoms with van der Waals surface area (Å²) in [6.45, 7) is 1.76. The minimum Gasteiger partial charge on any atom is -0.491 e. The van der Waals surface area contributed by atoms with Gasteiger partial charge in [-0.25, -0.2) is 4.79 Å². The van der Waals surface area contributed by atoms with Crippen molar-refractivity contribution in [2.45, 2.75) is 32.1 Å². The number of nitrogens with one attached hydrogen (secondary N) is 2. The van der Waals surface area contributed by atoms with Gasteiger partial charge in [0.15, 0.2) is 0 Å². The summed E-state index contributed by atoms with van der Waals surface area (Å²) in [5.74, 6) is 0.260. The van der Waals surface area contributed by atoms with Crippen LogP contribution in [-0.2, 0) is 4.79 Å². The van der Waals surface area contributed by atoms with Crippen molar-refractivity contribution in [2.24, 2.45) is 0 Å². The van der Waals surface area contributed by atoms with Crippen LogP contribution in [0, 0.1) is 0 Å². The third-order valence-corrected chi connectivity index (χ3v) is 5.62. The second-order valence-corrected chi connectivity index (χ2v) is 7.89. The number of amides is 3. The molecule has 1 saturated heterocycles. The van der Waals surface area contributed by atoms with Gasteiger partial charge in [0.25, 0.3) is 0 Å². The van der Waals surface area contributed by atoms with E-state index >= 15 is 0 Å². The number of hydrogen-bond donors (Lipinski definition) is 2. The number of carbonyl (C=O) groups is 2. The van der Waals surface area contributed by atoms with Gasteiger partial charge in [-0.15, -0.1) is 0 Å². The van der Waals surface area contributed by atoms with Crippen LogP contribution < -0.4 is 15.4 Å². The van der Waals surface area contributed by atoms with Crippen LogP contribution in [0.25, 0.3) is 0 Å². The highest BCUT2D eigenvalue weighted by Crippen LogP contribution is 2.31. The average Bonchev–Trinajstić information content (AvgIpc) is 3.02. The van der Waals surface area contributed by atoms with Crippen LogP contribution in [0.15, 0.2) is 42.5 Å². The molecule has 6 nitrogen and oxygen atoms in total. The third kappa shape index (κ3) is 6.54. The van der Waals surface area contributed by atoms with Gasteiger partial charge in [-0.2, -0.15) is 0 Å². The molecule has 3 amide bonds. The fraction of sp³-hybridized carbons (Fsp3) is 0.364. The topological polar surface area (TPSA) is 70.7 Å². The summed E-state index contributed by atoms with van der Waals surface area (Å²) in [5, 5.41) is 6.45. The number of urea groups is 1. The fourth-order valence-corrected chi connectivity index (χ4v) is 3.53. The molecule has 0 aliphatic carbocycles. The van der Waals surface area contributed by atoms with Gasteiger partial charge in [0.1, 0.15) is 10.8 Å². The number of halogens is 2. The second kappa shape index (κ2) is 11.1. The summed E-state index contributed by atoms with van der Waals surface area (Å²) >= 11 is 12.0. The molecule has 0 aromatic heterocycles. The Balaban J connectivity index is 1.43. The van der Waals surface area contributed by atoms with Gasteiger partial charge in [0.2, 0.25) is 5.91 Å². The van der Waals surface area contributed by atoms with Crippen molar-refractivity contribution in [3.8, 4) is 5.75 Å². The highest BCUT2D eigenvalue weighted by molar-refractivity contribution is 6.42. The number of likely N-dealkylation sites (tertiary alicyclic amines) is 1. The lowest BCUT2D eigenvalue weighted by molar-refractivity contribution is -0.116. The molecule has 2 aromatic rings. The van der Waals surface area contributed by atoms with Crippen LogP contribution in [-0.4, -0.2) is 36.5 Å². The quantitative estimate of drug-likeness (QED) is 0.584. The number of hydrogen-bond acceptors (Lipinski definition) is 3. The first kappa shape index (κ1) is 22.2. The van der Waals surface area contributed by atoms with Crippen molar-refractivity contribution in [1.29, 1.82) is 0 Å². The van der Waals surface area contributed by atoms with Crippen molar-refractivity contribution in [2.75, 3.05) is 30.3 Å². The maximum absolute atomic E-state index is 12.4. The smallest absolute Gasteiger partial charge is 0.321 e. The normalized spacial score (nSPS) is 14.0. The Kier molecular flexibility index (Phi) is 8.22. The van der Waals surface area contributed by atoms with Crippen LogP contribution in [0.1, 0.15) is 32.1 Å². The van der Waals surface area contributed by atoms with Crippen molar-refractivity contribution in [3.63, 3.8) is 0 Å². The number of ether oxygens (including phenoxy) is 1. The molecular weight excluding hydrogens is 425 g/mol. The first-order valence-corrected chi connectivity index (χ1v) is 10.8. The van der Waals surface area contributed by atoms with Gasteiger partial charge < -0.3 is 20.3 Å². The average molecular weight is 450 g/mol. The van der Waals surface area contributed by atoms with E-state index in [4.69, 9.17) is 27.9 Å². The van der Waals surface area contributed by atoms with E-state index in [-0.39, 0.29) is 25.0 Å². The highest BCUT2D eigenvalue weighted by Gasteiger charge is 2.15. The Hall–Kier alpha value is -2.44. The van der Waals surface area contributed by atoms with E-state index in [1.54, 1.807) is 42.5 Å². The number of anilines is 2. The van der Waals surface area contributed by atoms with Crippen LogP contribution in [0.4, 0.5) is 16.2 Å². The lowest BCUT2D eigenvalue weighted by Crippen LogP contribution is -2.35. The van der Waals surface area contributed by atoms with Gasteiger partial charge >= 0.3 is 6.03 Å². The maximum Gasteiger partial charge on any atom is 0.321 e. The maximum atomic E-state index is 12.4. The van der Waals surface area contributed by atoms with E-state index < -0.39 is 0 Å². The molecule has 0 saturated carbocycles. The van der Waals surface area contributed by atoms with Gasteiger partial charge in [0, 0.05) is 24.5 Å². The lowest BCUT2D eigenvalue weighted by Gasteiger charge is -2.20.